The maximum Gasteiger partial charge on any atom is 0.266 e. The number of anilines is 2. The van der Waals surface area contributed by atoms with Crippen LogP contribution in [0.15, 0.2) is 59.0 Å². The van der Waals surface area contributed by atoms with E-state index < -0.39 is 15.9 Å². The Labute approximate surface area is 170 Å². The molecular formula is C21H22N4O3S. The Morgan fingerprint density at radius 2 is 1.66 bits per heavy atom. The van der Waals surface area contributed by atoms with E-state index in [0.717, 1.165) is 24.3 Å². The van der Waals surface area contributed by atoms with Crippen molar-refractivity contribution in [3.05, 3.63) is 59.7 Å². The fourth-order valence-corrected chi connectivity index (χ4v) is 3.69. The minimum absolute atomic E-state index is 0.0498. The highest BCUT2D eigenvalue weighted by molar-refractivity contribution is 7.89. The van der Waals surface area contributed by atoms with E-state index >= 15 is 0 Å². The lowest BCUT2D eigenvalue weighted by Crippen LogP contribution is -2.29. The molecule has 3 N–H and O–H groups in total. The highest BCUT2D eigenvalue weighted by Crippen LogP contribution is 2.21. The fraction of sp³-hybridized carbons (Fsp3) is 0.238. The second-order valence-corrected chi connectivity index (χ2v) is 8.39. The average molecular weight is 410 g/mol. The summed E-state index contributed by atoms with van der Waals surface area (Å²) in [5.41, 5.74) is 2.21. The molecule has 0 atom stereocenters. The van der Waals surface area contributed by atoms with Crippen molar-refractivity contribution in [2.24, 2.45) is 5.14 Å². The lowest BCUT2D eigenvalue weighted by Gasteiger charge is -2.28. The quantitative estimate of drug-likeness (QED) is 0.581. The number of piperidine rings is 1. The Balaban J connectivity index is 1.70. The first-order valence-corrected chi connectivity index (χ1v) is 10.8. The third kappa shape index (κ3) is 5.44. The van der Waals surface area contributed by atoms with Crippen molar-refractivity contribution in [2.45, 2.75) is 24.2 Å². The fourth-order valence-electron chi connectivity index (χ4n) is 3.18. The topological polar surface area (TPSA) is 116 Å². The summed E-state index contributed by atoms with van der Waals surface area (Å²) in [6.45, 7) is 2.09. The number of carbonyl (C=O) groups excluding carboxylic acids is 1. The standard InChI is InChI=1S/C21H22N4O3S/c22-15-17(21(26)24-18-6-10-20(11-7-18)29(23,27)28)14-16-4-8-19(9-5-16)25-12-2-1-3-13-25/h4-11,14H,1-3,12-13H2,(H,24,26)(H2,23,27,28)/b17-14+. The molecule has 7 nitrogen and oxygen atoms in total. The number of amides is 1. The minimum Gasteiger partial charge on any atom is -0.372 e. The number of benzene rings is 2. The molecule has 0 radical (unpaired) electrons. The predicted octanol–water partition coefficient (Wildman–Crippen LogP) is 2.87. The summed E-state index contributed by atoms with van der Waals surface area (Å²) in [6, 6.07) is 15.1. The molecule has 1 amide bonds. The number of rotatable bonds is 5. The van der Waals surface area contributed by atoms with Crippen LogP contribution in [0.1, 0.15) is 24.8 Å². The number of nitriles is 1. The molecule has 0 bridgehead atoms. The predicted molar refractivity (Wildman–Crippen MR) is 113 cm³/mol. The number of sulfonamides is 1. The van der Waals surface area contributed by atoms with Gasteiger partial charge in [0.05, 0.1) is 4.90 Å². The van der Waals surface area contributed by atoms with Crippen LogP contribution in [-0.2, 0) is 14.8 Å². The van der Waals surface area contributed by atoms with Crippen LogP contribution in [0.5, 0.6) is 0 Å². The molecule has 0 aliphatic carbocycles. The summed E-state index contributed by atoms with van der Waals surface area (Å²) in [5.74, 6) is -0.573. The largest absolute Gasteiger partial charge is 0.372 e. The molecule has 0 aromatic heterocycles. The average Bonchev–Trinajstić information content (AvgIpc) is 2.73. The molecule has 2 aromatic carbocycles. The summed E-state index contributed by atoms with van der Waals surface area (Å²) >= 11 is 0. The van der Waals surface area contributed by atoms with E-state index in [9.17, 15) is 18.5 Å². The first-order valence-electron chi connectivity index (χ1n) is 9.28. The van der Waals surface area contributed by atoms with Gasteiger partial charge >= 0.3 is 0 Å². The van der Waals surface area contributed by atoms with Gasteiger partial charge in [0.2, 0.25) is 10.0 Å². The molecule has 1 saturated heterocycles. The Morgan fingerprint density at radius 1 is 1.03 bits per heavy atom. The number of hydrogen-bond acceptors (Lipinski definition) is 5. The van der Waals surface area contributed by atoms with Crippen molar-refractivity contribution in [1.82, 2.24) is 0 Å². The summed E-state index contributed by atoms with van der Waals surface area (Å²) in [4.78, 5) is 14.7. The van der Waals surface area contributed by atoms with E-state index in [1.165, 1.54) is 49.6 Å². The molecule has 0 unspecified atom stereocenters. The Kier molecular flexibility index (Phi) is 6.32. The van der Waals surface area contributed by atoms with Gasteiger partial charge in [0.25, 0.3) is 5.91 Å². The molecule has 1 aliphatic heterocycles. The number of carbonyl (C=O) groups is 1. The zero-order valence-corrected chi connectivity index (χ0v) is 16.7. The van der Waals surface area contributed by atoms with Gasteiger partial charge in [0.15, 0.2) is 0 Å². The number of primary sulfonamides is 1. The molecule has 1 heterocycles. The van der Waals surface area contributed by atoms with Gasteiger partial charge in [0.1, 0.15) is 11.6 Å². The lowest BCUT2D eigenvalue weighted by molar-refractivity contribution is -0.112. The van der Waals surface area contributed by atoms with Gasteiger partial charge in [-0.1, -0.05) is 12.1 Å². The van der Waals surface area contributed by atoms with E-state index in [0.29, 0.717) is 5.69 Å². The van der Waals surface area contributed by atoms with Crippen LogP contribution in [0.25, 0.3) is 6.08 Å². The highest BCUT2D eigenvalue weighted by Gasteiger charge is 2.13. The monoisotopic (exact) mass is 410 g/mol. The second-order valence-electron chi connectivity index (χ2n) is 6.83. The molecule has 1 fully saturated rings. The Bertz CT molecular complexity index is 1050. The van der Waals surface area contributed by atoms with Crippen LogP contribution < -0.4 is 15.4 Å². The van der Waals surface area contributed by atoms with Crippen molar-refractivity contribution in [3.63, 3.8) is 0 Å². The molecule has 0 spiro atoms. The van der Waals surface area contributed by atoms with E-state index in [4.69, 9.17) is 5.14 Å². The zero-order chi connectivity index (χ0) is 20.9. The molecule has 1 aliphatic rings. The summed E-state index contributed by atoms with van der Waals surface area (Å²) in [5, 5.41) is 17.0. The van der Waals surface area contributed by atoms with Crippen molar-refractivity contribution in [3.8, 4) is 6.07 Å². The van der Waals surface area contributed by atoms with Crippen molar-refractivity contribution < 1.29 is 13.2 Å². The molecule has 8 heteroatoms. The van der Waals surface area contributed by atoms with Crippen molar-refractivity contribution in [2.75, 3.05) is 23.3 Å². The molecule has 150 valence electrons. The number of hydrogen-bond donors (Lipinski definition) is 2. The van der Waals surface area contributed by atoms with Gasteiger partial charge in [-0.2, -0.15) is 5.26 Å². The van der Waals surface area contributed by atoms with Gasteiger partial charge in [-0.15, -0.1) is 0 Å². The first kappa shape index (κ1) is 20.6. The van der Waals surface area contributed by atoms with E-state index in [2.05, 4.69) is 10.2 Å². The Morgan fingerprint density at radius 3 is 2.21 bits per heavy atom. The molecular weight excluding hydrogens is 388 g/mol. The molecule has 0 saturated carbocycles. The van der Waals surface area contributed by atoms with E-state index in [-0.39, 0.29) is 10.5 Å². The van der Waals surface area contributed by atoms with Crippen molar-refractivity contribution in [1.29, 1.82) is 5.26 Å². The smallest absolute Gasteiger partial charge is 0.266 e. The second kappa shape index (κ2) is 8.90. The van der Waals surface area contributed by atoms with E-state index in [1.54, 1.807) is 0 Å². The summed E-state index contributed by atoms with van der Waals surface area (Å²) in [7, 11) is -3.80. The molecule has 3 rings (SSSR count). The van der Waals surface area contributed by atoms with Gasteiger partial charge in [-0.25, -0.2) is 13.6 Å². The third-order valence-electron chi connectivity index (χ3n) is 4.73. The van der Waals surface area contributed by atoms with Crippen LogP contribution >= 0.6 is 0 Å². The van der Waals surface area contributed by atoms with Crippen LogP contribution in [0.3, 0.4) is 0 Å². The van der Waals surface area contributed by atoms with Crippen LogP contribution in [0.4, 0.5) is 11.4 Å². The summed E-state index contributed by atoms with van der Waals surface area (Å²) in [6.07, 6.45) is 5.17. The van der Waals surface area contributed by atoms with Gasteiger partial charge in [-0.05, 0) is 67.3 Å². The molecule has 2 aromatic rings. The SMILES string of the molecule is N#C/C(=C\c1ccc(N2CCCCC2)cc1)C(=O)Nc1ccc(S(N)(=O)=O)cc1. The summed E-state index contributed by atoms with van der Waals surface area (Å²) < 4.78 is 22.6. The van der Waals surface area contributed by atoms with Crippen LogP contribution in [0.2, 0.25) is 0 Å². The van der Waals surface area contributed by atoms with Gasteiger partial charge < -0.3 is 10.2 Å². The Hall–Kier alpha value is -3.15. The maximum atomic E-state index is 12.4. The minimum atomic E-state index is -3.80. The van der Waals surface area contributed by atoms with Crippen LogP contribution in [-0.4, -0.2) is 27.4 Å². The number of nitrogens with two attached hydrogens (primary N) is 1. The zero-order valence-electron chi connectivity index (χ0n) is 15.8. The third-order valence-corrected chi connectivity index (χ3v) is 5.66. The normalized spacial score (nSPS) is 14.9. The van der Waals surface area contributed by atoms with Gasteiger partial charge in [0, 0.05) is 24.5 Å². The molecule has 29 heavy (non-hydrogen) atoms. The first-order chi connectivity index (χ1) is 13.9. The number of nitrogens with one attached hydrogen (secondary N) is 1. The van der Waals surface area contributed by atoms with E-state index in [1.807, 2.05) is 30.3 Å². The number of nitrogens with zero attached hydrogens (tertiary/aromatic N) is 2. The van der Waals surface area contributed by atoms with Crippen molar-refractivity contribution >= 4 is 33.4 Å². The highest BCUT2D eigenvalue weighted by atomic mass is 32.2. The maximum absolute atomic E-state index is 12.4. The lowest BCUT2D eigenvalue weighted by atomic mass is 10.1. The van der Waals surface area contributed by atoms with Gasteiger partial charge in [-0.3, -0.25) is 4.79 Å². The van der Waals surface area contributed by atoms with Crippen LogP contribution in [0, 0.1) is 11.3 Å².